The minimum absolute atomic E-state index is 0.314. The molecule has 0 N–H and O–H groups in total. The molecule has 0 amide bonds. The van der Waals surface area contributed by atoms with Gasteiger partial charge >= 0.3 is 0 Å². The molecule has 1 unspecified atom stereocenters. The van der Waals surface area contributed by atoms with Crippen LogP contribution in [0.25, 0.3) is 0 Å². The minimum atomic E-state index is 0.314. The molecule has 2 aromatic rings. The van der Waals surface area contributed by atoms with Crippen LogP contribution in [0.2, 0.25) is 0 Å². The predicted octanol–water partition coefficient (Wildman–Crippen LogP) is 4.83. The number of aryl methyl sites for hydroxylation is 1. The molecular formula is C21H28N2OS. The molecule has 0 radical (unpaired) electrons. The number of benzene rings is 1. The van der Waals surface area contributed by atoms with Crippen molar-refractivity contribution < 1.29 is 4.74 Å². The molecule has 1 aromatic heterocycles. The second kappa shape index (κ2) is 7.88. The lowest BCUT2D eigenvalue weighted by Crippen LogP contribution is -2.23. The van der Waals surface area contributed by atoms with Crippen LogP contribution in [0.5, 0.6) is 0 Å². The van der Waals surface area contributed by atoms with E-state index in [1.165, 1.54) is 60.1 Å². The van der Waals surface area contributed by atoms with Crippen molar-refractivity contribution in [3.63, 3.8) is 0 Å². The van der Waals surface area contributed by atoms with Gasteiger partial charge in [-0.05, 0) is 43.2 Å². The Morgan fingerprint density at radius 3 is 2.84 bits per heavy atom. The van der Waals surface area contributed by atoms with Gasteiger partial charge in [0.2, 0.25) is 0 Å². The fourth-order valence-electron chi connectivity index (χ4n) is 4.39. The van der Waals surface area contributed by atoms with E-state index in [1.54, 1.807) is 7.11 Å². The van der Waals surface area contributed by atoms with Crippen molar-refractivity contribution in [3.05, 3.63) is 51.3 Å². The Balaban J connectivity index is 1.71. The Morgan fingerprint density at radius 1 is 1.16 bits per heavy atom. The van der Waals surface area contributed by atoms with Crippen molar-refractivity contribution in [3.8, 4) is 0 Å². The number of fused-ring (bicyclic) bond motifs is 1. The zero-order valence-corrected chi connectivity index (χ0v) is 15.9. The number of hydrogen-bond donors (Lipinski definition) is 0. The van der Waals surface area contributed by atoms with Gasteiger partial charge in [0.15, 0.2) is 4.80 Å². The van der Waals surface area contributed by atoms with Crippen LogP contribution in [-0.2, 0) is 17.7 Å². The van der Waals surface area contributed by atoms with Crippen LogP contribution in [-0.4, -0.2) is 18.3 Å². The van der Waals surface area contributed by atoms with Gasteiger partial charge in [0.05, 0.1) is 12.6 Å². The van der Waals surface area contributed by atoms with E-state index in [1.807, 2.05) is 11.3 Å². The summed E-state index contributed by atoms with van der Waals surface area (Å²) in [6.45, 7) is 1.67. The van der Waals surface area contributed by atoms with Gasteiger partial charge in [-0.2, -0.15) is 0 Å². The Bertz CT molecular complexity index is 770. The fourth-order valence-corrected chi connectivity index (χ4v) is 5.45. The van der Waals surface area contributed by atoms with Gasteiger partial charge in [0, 0.05) is 30.6 Å². The lowest BCUT2D eigenvalue weighted by Gasteiger charge is -2.22. The lowest BCUT2D eigenvalue weighted by atomic mass is 9.88. The van der Waals surface area contributed by atoms with Crippen molar-refractivity contribution in [2.45, 2.75) is 63.5 Å². The molecule has 25 heavy (non-hydrogen) atoms. The number of rotatable bonds is 5. The maximum absolute atomic E-state index is 5.38. The summed E-state index contributed by atoms with van der Waals surface area (Å²) < 4.78 is 7.82. The van der Waals surface area contributed by atoms with Crippen LogP contribution in [0.3, 0.4) is 0 Å². The normalized spacial score (nSPS) is 21.6. The van der Waals surface area contributed by atoms with Crippen LogP contribution in [0, 0.1) is 0 Å². The second-order valence-electron chi connectivity index (χ2n) is 7.30. The standard InChI is InChI=1S/C21H28N2OS/c1-24-14-13-23-20(17-8-2-3-9-17)15-25-21(23)22-19-12-6-10-16-7-4-5-11-18(16)19/h4-5,7,11,15,17,19H,2-3,6,8-10,12-14H2,1H3. The molecule has 1 heterocycles. The summed E-state index contributed by atoms with van der Waals surface area (Å²) in [5, 5.41) is 2.36. The molecule has 2 aliphatic carbocycles. The molecule has 2 aliphatic rings. The lowest BCUT2D eigenvalue weighted by molar-refractivity contribution is 0.185. The molecule has 0 bridgehead atoms. The molecule has 4 heteroatoms. The second-order valence-corrected chi connectivity index (χ2v) is 8.14. The monoisotopic (exact) mass is 356 g/mol. The molecule has 0 saturated heterocycles. The summed E-state index contributed by atoms with van der Waals surface area (Å²) in [5.74, 6) is 0.718. The zero-order chi connectivity index (χ0) is 17.1. The first-order valence-electron chi connectivity index (χ1n) is 9.65. The third kappa shape index (κ3) is 3.61. The summed E-state index contributed by atoms with van der Waals surface area (Å²) in [5.41, 5.74) is 4.41. The Morgan fingerprint density at radius 2 is 2.00 bits per heavy atom. The average molecular weight is 357 g/mol. The van der Waals surface area contributed by atoms with Crippen molar-refractivity contribution in [1.29, 1.82) is 0 Å². The van der Waals surface area contributed by atoms with E-state index in [9.17, 15) is 0 Å². The van der Waals surface area contributed by atoms with Crippen molar-refractivity contribution in [1.82, 2.24) is 4.57 Å². The summed E-state index contributed by atoms with van der Waals surface area (Å²) in [7, 11) is 1.79. The largest absolute Gasteiger partial charge is 0.383 e. The molecule has 3 nitrogen and oxygen atoms in total. The highest BCUT2D eigenvalue weighted by Crippen LogP contribution is 2.35. The maximum atomic E-state index is 5.38. The van der Waals surface area contributed by atoms with Crippen molar-refractivity contribution in [2.75, 3.05) is 13.7 Å². The van der Waals surface area contributed by atoms with Gasteiger partial charge in [-0.25, -0.2) is 0 Å². The molecule has 134 valence electrons. The highest BCUT2D eigenvalue weighted by Gasteiger charge is 2.23. The number of ether oxygens (including phenoxy) is 1. The first kappa shape index (κ1) is 17.0. The summed E-state index contributed by atoms with van der Waals surface area (Å²) in [4.78, 5) is 6.41. The SMILES string of the molecule is COCCn1c(C2CCCC2)csc1=NC1CCCc2ccccc21. The Hall–Kier alpha value is -1.39. The van der Waals surface area contributed by atoms with E-state index in [4.69, 9.17) is 9.73 Å². The minimum Gasteiger partial charge on any atom is -0.383 e. The third-order valence-corrected chi connectivity index (χ3v) is 6.62. The van der Waals surface area contributed by atoms with Crippen LogP contribution in [0.15, 0.2) is 34.6 Å². The van der Waals surface area contributed by atoms with E-state index >= 15 is 0 Å². The quantitative estimate of drug-likeness (QED) is 0.753. The molecular weight excluding hydrogens is 328 g/mol. The van der Waals surface area contributed by atoms with E-state index in [0.717, 1.165) is 25.5 Å². The molecule has 4 rings (SSSR count). The number of aromatic nitrogens is 1. The van der Waals surface area contributed by atoms with Crippen LogP contribution >= 0.6 is 11.3 Å². The fraction of sp³-hybridized carbons (Fsp3) is 0.571. The molecule has 1 aromatic carbocycles. The highest BCUT2D eigenvalue weighted by molar-refractivity contribution is 7.07. The summed E-state index contributed by atoms with van der Waals surface area (Å²) >= 11 is 1.82. The first-order valence-corrected chi connectivity index (χ1v) is 10.5. The van der Waals surface area contributed by atoms with Gasteiger partial charge in [-0.15, -0.1) is 11.3 Å². The van der Waals surface area contributed by atoms with E-state index in [2.05, 4.69) is 34.2 Å². The van der Waals surface area contributed by atoms with Gasteiger partial charge in [-0.3, -0.25) is 4.99 Å². The number of hydrogen-bond acceptors (Lipinski definition) is 3. The smallest absolute Gasteiger partial charge is 0.185 e. The average Bonchev–Trinajstić information content (AvgIpc) is 3.30. The van der Waals surface area contributed by atoms with Gasteiger partial charge in [-0.1, -0.05) is 37.1 Å². The summed E-state index contributed by atoms with van der Waals surface area (Å²) in [6, 6.07) is 9.17. The van der Waals surface area contributed by atoms with Gasteiger partial charge in [0.1, 0.15) is 0 Å². The van der Waals surface area contributed by atoms with Gasteiger partial charge in [0.25, 0.3) is 0 Å². The van der Waals surface area contributed by atoms with Crippen LogP contribution < -0.4 is 4.80 Å². The topological polar surface area (TPSA) is 26.5 Å². The van der Waals surface area contributed by atoms with E-state index in [-0.39, 0.29) is 0 Å². The Labute approximate surface area is 154 Å². The van der Waals surface area contributed by atoms with E-state index in [0.29, 0.717) is 6.04 Å². The molecule has 1 saturated carbocycles. The highest BCUT2D eigenvalue weighted by atomic mass is 32.1. The Kier molecular flexibility index (Phi) is 5.37. The van der Waals surface area contributed by atoms with E-state index < -0.39 is 0 Å². The van der Waals surface area contributed by atoms with Gasteiger partial charge < -0.3 is 9.30 Å². The third-order valence-electron chi connectivity index (χ3n) is 5.72. The molecule has 0 spiro atoms. The number of methoxy groups -OCH3 is 1. The zero-order valence-electron chi connectivity index (χ0n) is 15.1. The van der Waals surface area contributed by atoms with Crippen molar-refractivity contribution >= 4 is 11.3 Å². The number of thiazole rings is 1. The van der Waals surface area contributed by atoms with Crippen LogP contribution in [0.1, 0.15) is 67.3 Å². The van der Waals surface area contributed by atoms with Crippen LogP contribution in [0.4, 0.5) is 0 Å². The predicted molar refractivity (Wildman–Crippen MR) is 103 cm³/mol. The number of nitrogens with zero attached hydrogens (tertiary/aromatic N) is 2. The van der Waals surface area contributed by atoms with Crippen molar-refractivity contribution in [2.24, 2.45) is 4.99 Å². The summed E-state index contributed by atoms with van der Waals surface area (Å²) in [6.07, 6.45) is 9.00. The maximum Gasteiger partial charge on any atom is 0.185 e. The molecule has 1 fully saturated rings. The molecule has 1 atom stereocenters. The first-order chi connectivity index (χ1) is 12.4. The molecule has 0 aliphatic heterocycles.